The van der Waals surface area contributed by atoms with Crippen LogP contribution in [0.25, 0.3) is 0 Å². The van der Waals surface area contributed by atoms with Gasteiger partial charge in [0, 0.05) is 6.42 Å². The molecule has 1 amide bonds. The van der Waals surface area contributed by atoms with Crippen LogP contribution in [0.15, 0.2) is 22.5 Å². The second-order valence-electron chi connectivity index (χ2n) is 6.40. The molecule has 0 bridgehead atoms. The van der Waals surface area contributed by atoms with Crippen molar-refractivity contribution in [2.75, 3.05) is 0 Å². The van der Waals surface area contributed by atoms with Crippen LogP contribution >= 0.6 is 23.5 Å². The van der Waals surface area contributed by atoms with Crippen molar-refractivity contribution >= 4 is 35.4 Å². The van der Waals surface area contributed by atoms with E-state index in [9.17, 15) is 19.8 Å². The maximum Gasteiger partial charge on any atom is 0.243 e. The molecular weight excluding hydrogens is 350 g/mol. The van der Waals surface area contributed by atoms with E-state index in [4.69, 9.17) is 0 Å². The van der Waals surface area contributed by atoms with Gasteiger partial charge in [-0.1, -0.05) is 11.8 Å². The molecule has 1 fully saturated rings. The number of aromatic nitrogens is 2. The van der Waals surface area contributed by atoms with E-state index in [2.05, 4.69) is 10.8 Å². The molecule has 9 heteroatoms. The Kier molecular flexibility index (Phi) is 3.70. The molecule has 0 spiro atoms. The van der Waals surface area contributed by atoms with Gasteiger partial charge in [0.15, 0.2) is 0 Å². The van der Waals surface area contributed by atoms with E-state index in [1.807, 2.05) is 17.9 Å². The second kappa shape index (κ2) is 5.53. The van der Waals surface area contributed by atoms with Gasteiger partial charge in [0.1, 0.15) is 23.8 Å². The average Bonchev–Trinajstić information content (AvgIpc) is 3.08. The van der Waals surface area contributed by atoms with Crippen molar-refractivity contribution in [1.29, 1.82) is 0 Å². The van der Waals surface area contributed by atoms with Crippen molar-refractivity contribution in [2.24, 2.45) is 13.0 Å². The smallest absolute Gasteiger partial charge is 0.243 e. The third-order valence-electron chi connectivity index (χ3n) is 4.61. The van der Waals surface area contributed by atoms with Crippen molar-refractivity contribution in [3.05, 3.63) is 28.2 Å². The summed E-state index contributed by atoms with van der Waals surface area (Å²) in [6, 6.07) is 0. The number of fused-ring (bicyclic) bond motifs is 2. The van der Waals surface area contributed by atoms with Gasteiger partial charge in [-0.3, -0.25) is 9.69 Å². The molecule has 0 unspecified atom stereocenters. The predicted molar refractivity (Wildman–Crippen MR) is 86.1 cm³/mol. The third kappa shape index (κ3) is 2.29. The van der Waals surface area contributed by atoms with Crippen LogP contribution in [0.1, 0.15) is 12.6 Å². The van der Waals surface area contributed by atoms with Crippen LogP contribution in [0.2, 0.25) is 0 Å². The van der Waals surface area contributed by atoms with Crippen molar-refractivity contribution in [3.8, 4) is 0 Å². The zero-order valence-electron chi connectivity index (χ0n) is 13.2. The van der Waals surface area contributed by atoms with E-state index in [1.165, 1.54) is 34.1 Å². The van der Waals surface area contributed by atoms with Gasteiger partial charge in [-0.15, -0.1) is 11.8 Å². The largest absolute Gasteiger partial charge is 0.543 e. The van der Waals surface area contributed by atoms with Crippen molar-refractivity contribution in [1.82, 2.24) is 9.47 Å². The van der Waals surface area contributed by atoms with Crippen LogP contribution in [-0.2, 0) is 29.6 Å². The zero-order valence-corrected chi connectivity index (χ0v) is 14.8. The molecule has 1 N–H and O–H groups in total. The zero-order chi connectivity index (χ0) is 17.2. The van der Waals surface area contributed by atoms with Crippen LogP contribution in [0.5, 0.6) is 0 Å². The SMILES string of the molecule is C[C@@H](O)[C@H]1C(=O)N2C(C(=O)[O-])=C(S[C@@H]3Cc4c[n+](C)cn4C3)S[C@H]12. The van der Waals surface area contributed by atoms with Gasteiger partial charge in [-0.2, -0.15) is 0 Å². The Balaban J connectivity index is 1.54. The average molecular weight is 367 g/mol. The molecule has 1 aromatic heterocycles. The minimum Gasteiger partial charge on any atom is -0.543 e. The number of carboxylic acid groups (broad SMARTS) is 1. The molecule has 1 aromatic rings. The number of rotatable bonds is 4. The second-order valence-corrected chi connectivity index (χ2v) is 9.10. The van der Waals surface area contributed by atoms with E-state index >= 15 is 0 Å². The van der Waals surface area contributed by atoms with Gasteiger partial charge in [-0.25, -0.2) is 9.13 Å². The van der Waals surface area contributed by atoms with Crippen molar-refractivity contribution in [2.45, 2.75) is 36.6 Å². The molecule has 1 saturated heterocycles. The lowest BCUT2D eigenvalue weighted by Gasteiger charge is -2.44. The van der Waals surface area contributed by atoms with Gasteiger partial charge < -0.3 is 15.0 Å². The standard InChI is InChI=1S/C15H17N3O4S2/c1-7(19)10-12(20)18-11(14(21)22)15(24-13(10)18)23-9-3-8-4-16(2)6-17(8)5-9/h4,6-7,9-10,13,19H,3,5H2,1-2H3/t7-,9-,10+,13-/m1/s1. The molecule has 0 saturated carbocycles. The molecule has 4 heterocycles. The van der Waals surface area contributed by atoms with E-state index in [-0.39, 0.29) is 22.2 Å². The number of β-lactam (4-membered cyclic amide) rings is 1. The maximum absolute atomic E-state index is 12.2. The summed E-state index contributed by atoms with van der Waals surface area (Å²) < 4.78 is 4.79. The molecular formula is C15H17N3O4S2. The fraction of sp³-hybridized carbons (Fsp3) is 0.533. The Morgan fingerprint density at radius 2 is 2.33 bits per heavy atom. The van der Waals surface area contributed by atoms with Crippen molar-refractivity contribution < 1.29 is 24.4 Å². The number of nitrogens with zero attached hydrogens (tertiary/aromatic N) is 3. The number of aryl methyl sites for hydroxylation is 1. The summed E-state index contributed by atoms with van der Waals surface area (Å²) in [6.07, 6.45) is 4.16. The van der Waals surface area contributed by atoms with Gasteiger partial charge >= 0.3 is 0 Å². The lowest BCUT2D eigenvalue weighted by Crippen LogP contribution is -2.61. The number of carbonyl (C=O) groups is 2. The van der Waals surface area contributed by atoms with Gasteiger partial charge in [0.25, 0.3) is 0 Å². The monoisotopic (exact) mass is 367 g/mol. The van der Waals surface area contributed by atoms with Crippen LogP contribution < -0.4 is 9.67 Å². The molecule has 4 rings (SSSR count). The molecule has 3 aliphatic rings. The molecule has 0 aromatic carbocycles. The number of carboxylic acids is 1. The first-order valence-electron chi connectivity index (χ1n) is 7.71. The number of thioether (sulfide) groups is 2. The minimum absolute atomic E-state index is 0.0287. The first kappa shape index (κ1) is 16.0. The molecule has 0 aliphatic carbocycles. The lowest BCUT2D eigenvalue weighted by atomic mass is 9.92. The normalized spacial score (nSPS) is 29.5. The number of hydrogen-bond acceptors (Lipinski definition) is 6. The van der Waals surface area contributed by atoms with Crippen molar-refractivity contribution in [3.63, 3.8) is 0 Å². The first-order chi connectivity index (χ1) is 11.4. The molecule has 4 atom stereocenters. The molecule has 0 radical (unpaired) electrons. The molecule has 7 nitrogen and oxygen atoms in total. The van der Waals surface area contributed by atoms with Gasteiger partial charge in [0.2, 0.25) is 12.2 Å². The Labute approximate surface area is 147 Å². The highest BCUT2D eigenvalue weighted by Gasteiger charge is 2.56. The Bertz CT molecular complexity index is 749. The quantitative estimate of drug-likeness (QED) is 0.531. The highest BCUT2D eigenvalue weighted by molar-refractivity contribution is 8.23. The maximum atomic E-state index is 12.2. The fourth-order valence-electron chi connectivity index (χ4n) is 3.54. The topological polar surface area (TPSA) is 89.5 Å². The summed E-state index contributed by atoms with van der Waals surface area (Å²) in [7, 11) is 1.98. The van der Waals surface area contributed by atoms with Crippen LogP contribution in [0.4, 0.5) is 0 Å². The van der Waals surface area contributed by atoms with E-state index in [0.29, 0.717) is 4.24 Å². The number of imidazole rings is 1. The highest BCUT2D eigenvalue weighted by Crippen LogP contribution is 2.54. The summed E-state index contributed by atoms with van der Waals surface area (Å²) in [5, 5.41) is 21.2. The molecule has 24 heavy (non-hydrogen) atoms. The minimum atomic E-state index is -1.33. The van der Waals surface area contributed by atoms with Crippen LogP contribution in [0, 0.1) is 5.92 Å². The summed E-state index contributed by atoms with van der Waals surface area (Å²) in [6.45, 7) is 2.37. The molecule has 128 valence electrons. The Morgan fingerprint density at radius 1 is 1.58 bits per heavy atom. The Hall–Kier alpha value is -1.45. The summed E-state index contributed by atoms with van der Waals surface area (Å²) in [5.41, 5.74) is 1.19. The van der Waals surface area contributed by atoms with Gasteiger partial charge in [-0.05, 0) is 6.92 Å². The number of aliphatic carboxylic acids is 1. The predicted octanol–water partition coefficient (Wildman–Crippen LogP) is -1.20. The summed E-state index contributed by atoms with van der Waals surface area (Å²) >= 11 is 2.86. The van der Waals surface area contributed by atoms with Crippen LogP contribution in [0.3, 0.4) is 0 Å². The van der Waals surface area contributed by atoms with E-state index in [0.717, 1.165) is 13.0 Å². The number of carbonyl (C=O) groups excluding carboxylic acids is 2. The van der Waals surface area contributed by atoms with Gasteiger partial charge in [0.05, 0.1) is 40.2 Å². The van der Waals surface area contributed by atoms with Crippen LogP contribution in [-0.4, -0.2) is 43.2 Å². The number of aliphatic hydroxyl groups excluding tert-OH is 1. The fourth-order valence-corrected chi connectivity index (χ4v) is 6.87. The summed E-state index contributed by atoms with van der Waals surface area (Å²) in [5.74, 6) is -2.20. The number of hydrogen-bond donors (Lipinski definition) is 1. The summed E-state index contributed by atoms with van der Waals surface area (Å²) in [4.78, 5) is 25.0. The van der Waals surface area contributed by atoms with E-state index in [1.54, 1.807) is 6.92 Å². The first-order valence-corrected chi connectivity index (χ1v) is 9.47. The highest BCUT2D eigenvalue weighted by atomic mass is 32.2. The Morgan fingerprint density at radius 3 is 2.96 bits per heavy atom. The number of amides is 1. The van der Waals surface area contributed by atoms with E-state index < -0.39 is 18.0 Å². The lowest BCUT2D eigenvalue weighted by molar-refractivity contribution is -0.671. The molecule has 3 aliphatic heterocycles. The third-order valence-corrected chi connectivity index (χ3v) is 7.40. The number of aliphatic hydroxyl groups is 1.